The van der Waals surface area contributed by atoms with Crippen LogP contribution in [0, 0.1) is 0 Å². The number of oxime groups is 1. The standard InChI is InChI=1S/C10H14N4O4S/c1-3-18-7(15)4-12-9(16)8(14-17-2)6-5-19-10(11)13-6/h5H,3-4H2,1-2H3,(H2,11,13)(H,12,16). The minimum absolute atomic E-state index is 0.0558. The molecular weight excluding hydrogens is 272 g/mol. The van der Waals surface area contributed by atoms with Gasteiger partial charge in [-0.15, -0.1) is 11.3 Å². The molecule has 0 aliphatic rings. The molecule has 104 valence electrons. The van der Waals surface area contributed by atoms with E-state index >= 15 is 0 Å². The Bertz CT molecular complexity index is 486. The molecule has 0 radical (unpaired) electrons. The van der Waals surface area contributed by atoms with Crippen molar-refractivity contribution in [2.45, 2.75) is 6.92 Å². The third-order valence-electron chi connectivity index (χ3n) is 1.86. The summed E-state index contributed by atoms with van der Waals surface area (Å²) in [5.41, 5.74) is 5.71. The normalized spacial score (nSPS) is 10.9. The van der Waals surface area contributed by atoms with Gasteiger partial charge in [0.25, 0.3) is 5.91 Å². The summed E-state index contributed by atoms with van der Waals surface area (Å²) in [7, 11) is 1.30. The van der Waals surface area contributed by atoms with Crippen LogP contribution in [0.3, 0.4) is 0 Å². The molecule has 0 aliphatic heterocycles. The number of carbonyl (C=O) groups is 2. The smallest absolute Gasteiger partial charge is 0.325 e. The summed E-state index contributed by atoms with van der Waals surface area (Å²) in [6.45, 7) is 1.67. The van der Waals surface area contributed by atoms with Gasteiger partial charge in [0.1, 0.15) is 19.3 Å². The zero-order valence-electron chi connectivity index (χ0n) is 10.5. The van der Waals surface area contributed by atoms with Crippen molar-refractivity contribution in [1.82, 2.24) is 10.3 Å². The van der Waals surface area contributed by atoms with Gasteiger partial charge in [0.05, 0.1) is 6.61 Å². The number of hydrogen-bond acceptors (Lipinski definition) is 8. The number of esters is 1. The molecule has 1 rings (SSSR count). The second-order valence-corrected chi connectivity index (χ2v) is 4.07. The van der Waals surface area contributed by atoms with E-state index < -0.39 is 11.9 Å². The van der Waals surface area contributed by atoms with Gasteiger partial charge in [-0.2, -0.15) is 0 Å². The van der Waals surface area contributed by atoms with Crippen molar-refractivity contribution < 1.29 is 19.2 Å². The molecule has 3 N–H and O–H groups in total. The lowest BCUT2D eigenvalue weighted by Crippen LogP contribution is -2.36. The van der Waals surface area contributed by atoms with Crippen LogP contribution in [0.1, 0.15) is 12.6 Å². The van der Waals surface area contributed by atoms with Crippen LogP contribution in [0.5, 0.6) is 0 Å². The predicted octanol–water partition coefficient (Wildman–Crippen LogP) is -0.245. The number of anilines is 1. The number of rotatable bonds is 6. The monoisotopic (exact) mass is 286 g/mol. The van der Waals surface area contributed by atoms with E-state index in [1.54, 1.807) is 12.3 Å². The van der Waals surface area contributed by atoms with Crippen LogP contribution in [0.4, 0.5) is 5.13 Å². The van der Waals surface area contributed by atoms with Crippen LogP contribution in [0.15, 0.2) is 10.5 Å². The minimum Gasteiger partial charge on any atom is -0.465 e. The Morgan fingerprint density at radius 3 is 2.84 bits per heavy atom. The zero-order chi connectivity index (χ0) is 14.3. The summed E-state index contributed by atoms with van der Waals surface area (Å²) in [6, 6.07) is 0. The summed E-state index contributed by atoms with van der Waals surface area (Å²) in [5.74, 6) is -1.13. The molecule has 0 unspecified atom stereocenters. The van der Waals surface area contributed by atoms with E-state index in [0.29, 0.717) is 5.13 Å². The van der Waals surface area contributed by atoms with Crippen LogP contribution in [0.25, 0.3) is 0 Å². The van der Waals surface area contributed by atoms with Gasteiger partial charge in [-0.25, -0.2) is 4.98 Å². The molecule has 8 nitrogen and oxygen atoms in total. The molecule has 0 aliphatic carbocycles. The van der Waals surface area contributed by atoms with E-state index in [-0.39, 0.29) is 24.6 Å². The first-order chi connectivity index (χ1) is 9.08. The Morgan fingerprint density at radius 1 is 1.58 bits per heavy atom. The Hall–Kier alpha value is -2.16. The highest BCUT2D eigenvalue weighted by Crippen LogP contribution is 2.12. The van der Waals surface area contributed by atoms with E-state index in [1.807, 2.05) is 0 Å². The van der Waals surface area contributed by atoms with Crippen molar-refractivity contribution in [2.24, 2.45) is 5.16 Å². The Labute approximate surface area is 113 Å². The summed E-state index contributed by atoms with van der Waals surface area (Å²) < 4.78 is 4.68. The molecule has 1 heterocycles. The topological polar surface area (TPSA) is 116 Å². The number of aromatic nitrogens is 1. The number of nitrogens with one attached hydrogen (secondary N) is 1. The molecule has 0 spiro atoms. The van der Waals surface area contributed by atoms with E-state index in [4.69, 9.17) is 5.73 Å². The Morgan fingerprint density at radius 2 is 2.32 bits per heavy atom. The van der Waals surface area contributed by atoms with Crippen molar-refractivity contribution in [1.29, 1.82) is 0 Å². The first-order valence-electron chi connectivity index (χ1n) is 5.34. The maximum absolute atomic E-state index is 11.8. The zero-order valence-corrected chi connectivity index (χ0v) is 11.3. The third kappa shape index (κ3) is 4.54. The Balaban J connectivity index is 2.70. The minimum atomic E-state index is -0.597. The van der Waals surface area contributed by atoms with Gasteiger partial charge in [0.2, 0.25) is 0 Å². The molecule has 0 fully saturated rings. The fourth-order valence-electron chi connectivity index (χ4n) is 1.14. The lowest BCUT2D eigenvalue weighted by atomic mass is 10.3. The average molecular weight is 286 g/mol. The number of nitrogens with zero attached hydrogens (tertiary/aromatic N) is 2. The number of nitrogens with two attached hydrogens (primary N) is 1. The first-order valence-corrected chi connectivity index (χ1v) is 6.22. The van der Waals surface area contributed by atoms with Crippen molar-refractivity contribution >= 4 is 34.1 Å². The maximum Gasteiger partial charge on any atom is 0.325 e. The van der Waals surface area contributed by atoms with Gasteiger partial charge < -0.3 is 20.6 Å². The van der Waals surface area contributed by atoms with Crippen molar-refractivity contribution in [3.8, 4) is 0 Å². The average Bonchev–Trinajstić information content (AvgIpc) is 2.80. The highest BCUT2D eigenvalue weighted by atomic mass is 32.1. The third-order valence-corrected chi connectivity index (χ3v) is 2.53. The largest absolute Gasteiger partial charge is 0.465 e. The lowest BCUT2D eigenvalue weighted by molar-refractivity contribution is -0.142. The van der Waals surface area contributed by atoms with Crippen LogP contribution in [-0.2, 0) is 19.2 Å². The number of thiazole rings is 1. The number of amides is 1. The van der Waals surface area contributed by atoms with E-state index in [2.05, 4.69) is 25.0 Å². The van der Waals surface area contributed by atoms with Crippen molar-refractivity contribution in [2.75, 3.05) is 26.0 Å². The molecule has 0 saturated heterocycles. The molecule has 0 saturated carbocycles. The van der Waals surface area contributed by atoms with Gasteiger partial charge in [0.15, 0.2) is 10.8 Å². The fourth-order valence-corrected chi connectivity index (χ4v) is 1.69. The SMILES string of the molecule is CCOC(=O)CNC(=O)C(=NOC)c1csc(N)n1. The second-order valence-electron chi connectivity index (χ2n) is 3.18. The summed E-state index contributed by atoms with van der Waals surface area (Å²) in [4.78, 5) is 31.5. The molecule has 9 heteroatoms. The van der Waals surface area contributed by atoms with Crippen molar-refractivity contribution in [3.05, 3.63) is 11.1 Å². The van der Waals surface area contributed by atoms with Crippen LogP contribution in [0.2, 0.25) is 0 Å². The highest BCUT2D eigenvalue weighted by molar-refractivity contribution is 7.13. The molecule has 0 bridgehead atoms. The van der Waals surface area contributed by atoms with Gasteiger partial charge in [-0.3, -0.25) is 9.59 Å². The highest BCUT2D eigenvalue weighted by Gasteiger charge is 2.19. The van der Waals surface area contributed by atoms with E-state index in [1.165, 1.54) is 18.4 Å². The number of ether oxygens (including phenoxy) is 1. The number of carbonyl (C=O) groups excluding carboxylic acids is 2. The predicted molar refractivity (Wildman–Crippen MR) is 69.7 cm³/mol. The summed E-state index contributed by atoms with van der Waals surface area (Å²) >= 11 is 1.17. The summed E-state index contributed by atoms with van der Waals surface area (Å²) in [5, 5.41) is 7.80. The second kappa shape index (κ2) is 7.31. The number of nitrogen functional groups attached to an aromatic ring is 1. The molecule has 0 aromatic carbocycles. The molecule has 1 amide bonds. The lowest BCUT2D eigenvalue weighted by Gasteiger charge is -2.05. The molecule has 19 heavy (non-hydrogen) atoms. The van der Waals surface area contributed by atoms with Gasteiger partial charge >= 0.3 is 5.97 Å². The maximum atomic E-state index is 11.8. The number of hydrogen-bond donors (Lipinski definition) is 2. The van der Waals surface area contributed by atoms with Gasteiger partial charge in [-0.05, 0) is 6.92 Å². The van der Waals surface area contributed by atoms with Crippen LogP contribution >= 0.6 is 11.3 Å². The Kier molecular flexibility index (Phi) is 5.73. The van der Waals surface area contributed by atoms with Gasteiger partial charge in [0, 0.05) is 5.38 Å². The quantitative estimate of drug-likeness (QED) is 0.423. The molecular formula is C10H14N4O4S. The van der Waals surface area contributed by atoms with Crippen LogP contribution in [-0.4, -0.2) is 42.8 Å². The summed E-state index contributed by atoms with van der Waals surface area (Å²) in [6.07, 6.45) is 0. The first kappa shape index (κ1) is 14.9. The van der Waals surface area contributed by atoms with Crippen LogP contribution < -0.4 is 11.1 Å². The molecule has 0 atom stereocenters. The van der Waals surface area contributed by atoms with E-state index in [9.17, 15) is 9.59 Å². The van der Waals surface area contributed by atoms with Crippen molar-refractivity contribution in [3.63, 3.8) is 0 Å². The molecule has 1 aromatic heterocycles. The van der Waals surface area contributed by atoms with E-state index in [0.717, 1.165) is 0 Å². The fraction of sp³-hybridized carbons (Fsp3) is 0.400. The van der Waals surface area contributed by atoms with Gasteiger partial charge in [-0.1, -0.05) is 5.16 Å². The molecule has 1 aromatic rings.